The Morgan fingerprint density at radius 2 is 2.18 bits per heavy atom. The normalized spacial score (nSPS) is 21.5. The molecule has 1 aliphatic rings. The molecule has 0 amide bonds. The second-order valence-corrected chi connectivity index (χ2v) is 2.44. The fourth-order valence-corrected chi connectivity index (χ4v) is 1.06. The standard InChI is InChI=1S/C6H14N4O/c7-6(9-8)10-2-1-4-11-5-3-10/h1-5,8H2,(H2,7,9). The smallest absolute Gasteiger partial charge is 0.213 e. The molecule has 1 rings (SSSR count). The van der Waals surface area contributed by atoms with Crippen LogP contribution in [0.4, 0.5) is 0 Å². The molecule has 0 saturated carbocycles. The summed E-state index contributed by atoms with van der Waals surface area (Å²) >= 11 is 0. The molecule has 0 unspecified atom stereocenters. The van der Waals surface area contributed by atoms with Gasteiger partial charge in [0.25, 0.3) is 0 Å². The van der Waals surface area contributed by atoms with Crippen molar-refractivity contribution in [3.05, 3.63) is 0 Å². The highest BCUT2D eigenvalue weighted by Crippen LogP contribution is 1.97. The van der Waals surface area contributed by atoms with E-state index in [1.165, 1.54) is 0 Å². The Morgan fingerprint density at radius 3 is 2.91 bits per heavy atom. The first-order valence-corrected chi connectivity index (χ1v) is 3.70. The first-order chi connectivity index (χ1) is 5.34. The maximum atomic E-state index is 5.51. The molecule has 0 atom stereocenters. The summed E-state index contributed by atoms with van der Waals surface area (Å²) in [6.45, 7) is 3.17. The molecule has 1 heterocycles. The summed E-state index contributed by atoms with van der Waals surface area (Å²) in [7, 11) is 0. The van der Waals surface area contributed by atoms with Gasteiger partial charge in [-0.05, 0) is 6.42 Å². The minimum absolute atomic E-state index is 0.399. The van der Waals surface area contributed by atoms with Crippen molar-refractivity contribution in [2.45, 2.75) is 6.42 Å². The zero-order valence-corrected chi connectivity index (χ0v) is 6.49. The van der Waals surface area contributed by atoms with E-state index in [4.69, 9.17) is 16.3 Å². The largest absolute Gasteiger partial charge is 0.380 e. The zero-order valence-electron chi connectivity index (χ0n) is 6.49. The van der Waals surface area contributed by atoms with Crippen LogP contribution in [0.1, 0.15) is 6.42 Å². The van der Waals surface area contributed by atoms with E-state index in [9.17, 15) is 0 Å². The van der Waals surface area contributed by atoms with E-state index in [1.54, 1.807) is 0 Å². The van der Waals surface area contributed by atoms with Gasteiger partial charge in [-0.1, -0.05) is 0 Å². The fraction of sp³-hybridized carbons (Fsp3) is 0.833. The van der Waals surface area contributed by atoms with E-state index in [0.29, 0.717) is 12.6 Å². The van der Waals surface area contributed by atoms with Gasteiger partial charge in [-0.2, -0.15) is 0 Å². The molecule has 0 radical (unpaired) electrons. The average Bonchev–Trinajstić information content (AvgIpc) is 2.30. The number of nitrogens with two attached hydrogens (primary N) is 2. The summed E-state index contributed by atoms with van der Waals surface area (Å²) < 4.78 is 5.23. The Labute approximate surface area is 66.0 Å². The molecule has 1 aliphatic heterocycles. The minimum Gasteiger partial charge on any atom is -0.380 e. The van der Waals surface area contributed by atoms with E-state index in [1.807, 2.05) is 4.90 Å². The number of ether oxygens (including phenoxy) is 1. The number of guanidine groups is 1. The molecular weight excluding hydrogens is 144 g/mol. The highest BCUT2D eigenvalue weighted by molar-refractivity contribution is 5.77. The number of nitrogens with zero attached hydrogens (tertiary/aromatic N) is 2. The third-order valence-corrected chi connectivity index (χ3v) is 1.68. The lowest BCUT2D eigenvalue weighted by Crippen LogP contribution is -2.39. The number of rotatable bonds is 0. The molecular formula is C6H14N4O. The highest BCUT2D eigenvalue weighted by Gasteiger charge is 2.09. The van der Waals surface area contributed by atoms with Crippen molar-refractivity contribution < 1.29 is 4.74 Å². The molecule has 5 heteroatoms. The van der Waals surface area contributed by atoms with Crippen molar-refractivity contribution in [3.63, 3.8) is 0 Å². The Kier molecular flexibility index (Phi) is 2.97. The van der Waals surface area contributed by atoms with Gasteiger partial charge < -0.3 is 21.2 Å². The summed E-state index contributed by atoms with van der Waals surface area (Å²) in [6.07, 6.45) is 0.982. The number of hydrazone groups is 1. The van der Waals surface area contributed by atoms with E-state index >= 15 is 0 Å². The van der Waals surface area contributed by atoms with Gasteiger partial charge in [-0.25, -0.2) is 0 Å². The molecule has 5 nitrogen and oxygen atoms in total. The van der Waals surface area contributed by atoms with Crippen molar-refractivity contribution in [1.29, 1.82) is 0 Å². The number of hydrogen-bond donors (Lipinski definition) is 2. The van der Waals surface area contributed by atoms with Crippen LogP contribution in [0.5, 0.6) is 0 Å². The first-order valence-electron chi connectivity index (χ1n) is 3.70. The average molecular weight is 158 g/mol. The molecule has 0 bridgehead atoms. The predicted molar refractivity (Wildman–Crippen MR) is 42.8 cm³/mol. The highest BCUT2D eigenvalue weighted by atomic mass is 16.5. The monoisotopic (exact) mass is 158 g/mol. The van der Waals surface area contributed by atoms with Crippen LogP contribution in [0.2, 0.25) is 0 Å². The SMILES string of the molecule is N/N=C(\N)N1CCCOCC1. The summed E-state index contributed by atoms with van der Waals surface area (Å²) in [5.41, 5.74) is 5.51. The maximum Gasteiger partial charge on any atom is 0.213 e. The van der Waals surface area contributed by atoms with Crippen LogP contribution in [0, 0.1) is 0 Å². The third kappa shape index (κ3) is 2.27. The zero-order chi connectivity index (χ0) is 8.10. The van der Waals surface area contributed by atoms with Crippen LogP contribution in [0.15, 0.2) is 5.10 Å². The van der Waals surface area contributed by atoms with Gasteiger partial charge in [0.15, 0.2) is 0 Å². The molecule has 1 fully saturated rings. The lowest BCUT2D eigenvalue weighted by atomic mass is 10.4. The van der Waals surface area contributed by atoms with Gasteiger partial charge in [-0.15, -0.1) is 5.10 Å². The van der Waals surface area contributed by atoms with Crippen molar-refractivity contribution in [2.75, 3.05) is 26.3 Å². The molecule has 11 heavy (non-hydrogen) atoms. The van der Waals surface area contributed by atoms with Crippen LogP contribution in [-0.2, 0) is 4.74 Å². The van der Waals surface area contributed by atoms with Crippen molar-refractivity contribution in [2.24, 2.45) is 16.7 Å². The maximum absolute atomic E-state index is 5.51. The predicted octanol–water partition coefficient (Wildman–Crippen LogP) is -1.10. The van der Waals surface area contributed by atoms with Crippen LogP contribution in [0.3, 0.4) is 0 Å². The quantitative estimate of drug-likeness (QED) is 0.203. The molecule has 0 aliphatic carbocycles. The van der Waals surface area contributed by atoms with E-state index in [-0.39, 0.29) is 0 Å². The summed E-state index contributed by atoms with van der Waals surface area (Å²) in [4.78, 5) is 1.92. The lowest BCUT2D eigenvalue weighted by molar-refractivity contribution is 0.147. The molecule has 64 valence electrons. The van der Waals surface area contributed by atoms with Crippen LogP contribution in [-0.4, -0.2) is 37.2 Å². The first kappa shape index (κ1) is 8.13. The third-order valence-electron chi connectivity index (χ3n) is 1.68. The Bertz CT molecular complexity index is 140. The van der Waals surface area contributed by atoms with Crippen LogP contribution in [0.25, 0.3) is 0 Å². The van der Waals surface area contributed by atoms with Crippen molar-refractivity contribution in [1.82, 2.24) is 4.90 Å². The van der Waals surface area contributed by atoms with Crippen LogP contribution < -0.4 is 11.6 Å². The second kappa shape index (κ2) is 4.02. The van der Waals surface area contributed by atoms with Crippen LogP contribution >= 0.6 is 0 Å². The van der Waals surface area contributed by atoms with Gasteiger partial charge in [-0.3, -0.25) is 0 Å². The minimum atomic E-state index is 0.399. The molecule has 0 aromatic carbocycles. The van der Waals surface area contributed by atoms with Crippen molar-refractivity contribution in [3.8, 4) is 0 Å². The molecule has 0 spiro atoms. The molecule has 0 aromatic rings. The molecule has 4 N–H and O–H groups in total. The molecule has 0 aromatic heterocycles. The summed E-state index contributed by atoms with van der Waals surface area (Å²) in [5, 5.41) is 3.42. The summed E-state index contributed by atoms with van der Waals surface area (Å²) in [6, 6.07) is 0. The molecule has 1 saturated heterocycles. The Morgan fingerprint density at radius 1 is 1.36 bits per heavy atom. The van der Waals surface area contributed by atoms with E-state index in [2.05, 4.69) is 5.10 Å². The van der Waals surface area contributed by atoms with Gasteiger partial charge in [0.05, 0.1) is 6.61 Å². The van der Waals surface area contributed by atoms with Gasteiger partial charge >= 0.3 is 0 Å². The van der Waals surface area contributed by atoms with Crippen molar-refractivity contribution >= 4 is 5.96 Å². The van der Waals surface area contributed by atoms with Gasteiger partial charge in [0.1, 0.15) is 0 Å². The van der Waals surface area contributed by atoms with E-state index in [0.717, 1.165) is 26.1 Å². The van der Waals surface area contributed by atoms with E-state index < -0.39 is 0 Å². The van der Waals surface area contributed by atoms with Gasteiger partial charge in [0.2, 0.25) is 5.96 Å². The van der Waals surface area contributed by atoms with Gasteiger partial charge in [0, 0.05) is 19.7 Å². The second-order valence-electron chi connectivity index (χ2n) is 2.44. The Balaban J connectivity index is 2.42. The summed E-state index contributed by atoms with van der Waals surface area (Å²) in [5.74, 6) is 5.43. The lowest BCUT2D eigenvalue weighted by Gasteiger charge is -2.18. The Hall–Kier alpha value is -0.970. The number of hydrogen-bond acceptors (Lipinski definition) is 3. The fourth-order valence-electron chi connectivity index (χ4n) is 1.06. The topological polar surface area (TPSA) is 76.9 Å².